The lowest BCUT2D eigenvalue weighted by atomic mass is 9.80. The van der Waals surface area contributed by atoms with Gasteiger partial charge in [-0.3, -0.25) is 4.79 Å². The summed E-state index contributed by atoms with van der Waals surface area (Å²) in [7, 11) is 0. The summed E-state index contributed by atoms with van der Waals surface area (Å²) >= 11 is 3.57. The van der Waals surface area contributed by atoms with Crippen LogP contribution >= 0.6 is 15.9 Å². The lowest BCUT2D eigenvalue weighted by Crippen LogP contribution is -2.35. The number of esters is 1. The predicted molar refractivity (Wildman–Crippen MR) is 48.3 cm³/mol. The molecule has 3 fully saturated rings. The maximum absolute atomic E-state index is 11.5. The number of ether oxygens (including phenoxy) is 1. The van der Waals surface area contributed by atoms with Gasteiger partial charge in [0.1, 0.15) is 6.10 Å². The largest absolute Gasteiger partial charge is 0.461 e. The van der Waals surface area contributed by atoms with Crippen molar-refractivity contribution in [3.8, 4) is 0 Å². The molecule has 0 unspecified atom stereocenters. The molecule has 2 saturated carbocycles. The Bertz CT molecular complexity index is 268. The van der Waals surface area contributed by atoms with Gasteiger partial charge in [-0.2, -0.15) is 0 Å². The van der Waals surface area contributed by atoms with Crippen LogP contribution in [0.15, 0.2) is 0 Å². The van der Waals surface area contributed by atoms with Gasteiger partial charge in [0.2, 0.25) is 0 Å². The zero-order chi connectivity index (χ0) is 9.16. The van der Waals surface area contributed by atoms with Gasteiger partial charge in [0, 0.05) is 12.5 Å². The molecule has 1 saturated heterocycles. The molecule has 0 radical (unpaired) electrons. The van der Waals surface area contributed by atoms with Crippen LogP contribution in [0.2, 0.25) is 0 Å². The standard InChI is InChI=1S/C9H11BrO3/c10-7-3-1-4-6(5(3)2-11)9(12)13-8(4)7/h3-8,11H,1-2H2/t3-,4-,5+,6-,7+,8-/m0/s1. The van der Waals surface area contributed by atoms with Gasteiger partial charge in [0.15, 0.2) is 0 Å². The Balaban J connectivity index is 2.01. The quantitative estimate of drug-likeness (QED) is 0.543. The van der Waals surface area contributed by atoms with E-state index in [1.54, 1.807) is 0 Å². The number of hydrogen-bond donors (Lipinski definition) is 1. The molecule has 1 N–H and O–H groups in total. The lowest BCUT2D eigenvalue weighted by Gasteiger charge is -2.26. The van der Waals surface area contributed by atoms with Crippen LogP contribution in [-0.4, -0.2) is 28.6 Å². The molecule has 2 bridgehead atoms. The number of aliphatic hydroxyl groups is 1. The summed E-state index contributed by atoms with van der Waals surface area (Å²) in [5, 5.41) is 9.22. The van der Waals surface area contributed by atoms with Crippen LogP contribution < -0.4 is 0 Å². The summed E-state index contributed by atoms with van der Waals surface area (Å²) in [5.74, 6) is 0.864. The van der Waals surface area contributed by atoms with Crippen molar-refractivity contribution in [2.45, 2.75) is 17.4 Å². The molecule has 0 aromatic rings. The molecule has 1 aliphatic heterocycles. The monoisotopic (exact) mass is 246 g/mol. The second kappa shape index (κ2) is 2.48. The smallest absolute Gasteiger partial charge is 0.310 e. The SMILES string of the molecule is O=C1O[C@@H]2[C@H](Br)[C@H]3C[C@H]2[C@H]1[C@@H]3CO. The third-order valence-corrected chi connectivity index (χ3v) is 5.10. The Kier molecular flexibility index (Phi) is 1.57. The number of alkyl halides is 1. The topological polar surface area (TPSA) is 46.5 Å². The minimum atomic E-state index is -0.0847. The van der Waals surface area contributed by atoms with Gasteiger partial charge < -0.3 is 9.84 Å². The van der Waals surface area contributed by atoms with Crippen LogP contribution in [0.4, 0.5) is 0 Å². The van der Waals surface area contributed by atoms with Crippen LogP contribution in [0, 0.1) is 23.7 Å². The summed E-state index contributed by atoms with van der Waals surface area (Å²) in [6.07, 6.45) is 1.13. The van der Waals surface area contributed by atoms with Crippen LogP contribution in [-0.2, 0) is 9.53 Å². The Morgan fingerprint density at radius 2 is 2.31 bits per heavy atom. The van der Waals surface area contributed by atoms with Gasteiger partial charge in [0.25, 0.3) is 0 Å². The molecule has 4 heteroatoms. The van der Waals surface area contributed by atoms with E-state index in [4.69, 9.17) is 4.74 Å². The third-order valence-electron chi connectivity index (χ3n) is 3.90. The molecule has 3 rings (SSSR count). The zero-order valence-corrected chi connectivity index (χ0v) is 8.61. The van der Waals surface area contributed by atoms with Gasteiger partial charge in [0.05, 0.1) is 10.7 Å². The third kappa shape index (κ3) is 0.814. The minimum Gasteiger partial charge on any atom is -0.461 e. The molecule has 2 aliphatic carbocycles. The fourth-order valence-corrected chi connectivity index (χ4v) is 4.48. The van der Waals surface area contributed by atoms with Gasteiger partial charge in [-0.05, 0) is 18.3 Å². The average molecular weight is 247 g/mol. The summed E-state index contributed by atoms with van der Waals surface area (Å²) in [6.45, 7) is 0.121. The number of halogens is 1. The van der Waals surface area contributed by atoms with Crippen molar-refractivity contribution in [2.75, 3.05) is 6.61 Å². The van der Waals surface area contributed by atoms with E-state index in [2.05, 4.69) is 15.9 Å². The van der Waals surface area contributed by atoms with Crippen LogP contribution in [0.25, 0.3) is 0 Å². The van der Waals surface area contributed by atoms with Gasteiger partial charge >= 0.3 is 5.97 Å². The summed E-state index contributed by atoms with van der Waals surface area (Å²) < 4.78 is 5.29. The molecular formula is C9H11BrO3. The van der Waals surface area contributed by atoms with Crippen molar-refractivity contribution in [3.63, 3.8) is 0 Å². The number of carbonyl (C=O) groups is 1. The van der Waals surface area contributed by atoms with Gasteiger partial charge in [-0.25, -0.2) is 0 Å². The van der Waals surface area contributed by atoms with Crippen molar-refractivity contribution in [1.29, 1.82) is 0 Å². The average Bonchev–Trinajstić information content (AvgIpc) is 2.68. The van der Waals surface area contributed by atoms with Crippen molar-refractivity contribution in [3.05, 3.63) is 0 Å². The van der Waals surface area contributed by atoms with Crippen LogP contribution in [0.3, 0.4) is 0 Å². The highest BCUT2D eigenvalue weighted by molar-refractivity contribution is 9.09. The van der Waals surface area contributed by atoms with Crippen molar-refractivity contribution >= 4 is 21.9 Å². The maximum atomic E-state index is 11.5. The second-order valence-corrected chi connectivity index (χ2v) is 5.34. The summed E-state index contributed by atoms with van der Waals surface area (Å²) in [5.41, 5.74) is 0. The van der Waals surface area contributed by atoms with Gasteiger partial charge in [-0.15, -0.1) is 0 Å². The Labute approximate surface area is 84.6 Å². The second-order valence-electron chi connectivity index (χ2n) is 4.28. The predicted octanol–water partition coefficient (Wildman–Crippen LogP) is 0.550. The summed E-state index contributed by atoms with van der Waals surface area (Å²) in [4.78, 5) is 11.7. The molecule has 0 amide bonds. The molecule has 6 atom stereocenters. The Morgan fingerprint density at radius 3 is 3.00 bits per heavy atom. The minimum absolute atomic E-state index is 0.00574. The first-order valence-corrected chi connectivity index (χ1v) is 5.61. The Hall–Kier alpha value is -0.0900. The van der Waals surface area contributed by atoms with E-state index in [9.17, 15) is 9.90 Å². The molecule has 0 spiro atoms. The van der Waals surface area contributed by atoms with Crippen molar-refractivity contribution in [2.24, 2.45) is 23.7 Å². The fraction of sp³-hybridized carbons (Fsp3) is 0.889. The van der Waals surface area contributed by atoms with Crippen LogP contribution in [0.5, 0.6) is 0 Å². The van der Waals surface area contributed by atoms with Crippen LogP contribution in [0.1, 0.15) is 6.42 Å². The van der Waals surface area contributed by atoms with E-state index in [1.165, 1.54) is 0 Å². The summed E-state index contributed by atoms with van der Waals surface area (Å²) in [6, 6.07) is 0. The van der Waals surface area contributed by atoms with E-state index < -0.39 is 0 Å². The van der Waals surface area contributed by atoms with E-state index in [1.807, 2.05) is 0 Å². The fourth-order valence-electron chi connectivity index (χ4n) is 3.37. The highest BCUT2D eigenvalue weighted by atomic mass is 79.9. The van der Waals surface area contributed by atoms with Crippen molar-refractivity contribution in [1.82, 2.24) is 0 Å². The molecule has 1 heterocycles. The first-order valence-electron chi connectivity index (χ1n) is 4.69. The highest BCUT2D eigenvalue weighted by Crippen LogP contribution is 2.59. The van der Waals surface area contributed by atoms with Gasteiger partial charge in [-0.1, -0.05) is 15.9 Å². The first-order chi connectivity index (χ1) is 6.24. The number of fused-ring (bicyclic) bond motifs is 1. The molecule has 72 valence electrons. The Morgan fingerprint density at radius 1 is 1.54 bits per heavy atom. The van der Waals surface area contributed by atoms with E-state index in [0.717, 1.165) is 6.42 Å². The maximum Gasteiger partial charge on any atom is 0.310 e. The molecule has 13 heavy (non-hydrogen) atoms. The van der Waals surface area contributed by atoms with E-state index in [-0.39, 0.29) is 35.3 Å². The first kappa shape index (κ1) is 8.24. The number of rotatable bonds is 1. The zero-order valence-electron chi connectivity index (χ0n) is 7.02. The number of aliphatic hydroxyl groups excluding tert-OH is 1. The normalized spacial score (nSPS) is 57.2. The molecular weight excluding hydrogens is 236 g/mol. The molecule has 3 aliphatic rings. The van der Waals surface area contributed by atoms with E-state index >= 15 is 0 Å². The highest BCUT2D eigenvalue weighted by Gasteiger charge is 2.65. The van der Waals surface area contributed by atoms with E-state index in [0.29, 0.717) is 11.8 Å². The molecule has 3 nitrogen and oxygen atoms in total. The molecule has 0 aromatic carbocycles. The van der Waals surface area contributed by atoms with Crippen molar-refractivity contribution < 1.29 is 14.6 Å². The number of carbonyl (C=O) groups excluding carboxylic acids is 1. The number of hydrogen-bond acceptors (Lipinski definition) is 3. The molecule has 0 aromatic heterocycles. The lowest BCUT2D eigenvalue weighted by molar-refractivity contribution is -0.144.